The van der Waals surface area contributed by atoms with E-state index in [-0.39, 0.29) is 170 Å². The fourth-order valence-corrected chi connectivity index (χ4v) is 14.9. The van der Waals surface area contributed by atoms with Gasteiger partial charge in [0.05, 0.1) is 38.0 Å². The molecule has 2 heterocycles. The van der Waals surface area contributed by atoms with Gasteiger partial charge in [0.2, 0.25) is 82.7 Å². The Morgan fingerprint density at radius 3 is 1.40 bits per heavy atom. The van der Waals surface area contributed by atoms with Crippen molar-refractivity contribution in [2.45, 2.75) is 221 Å². The number of aromatic hydroxyl groups is 2. The number of carbonyl (C=O) groups excluding carboxylic acids is 15. The van der Waals surface area contributed by atoms with Crippen molar-refractivity contribution in [2.75, 3.05) is 77.6 Å². The fraction of sp³-hybridized carbons (Fsp3) is 0.608. The molecule has 2 saturated heterocycles. The van der Waals surface area contributed by atoms with E-state index in [1.165, 1.54) is 70.1 Å². The monoisotopic (exact) mass is 1780 g/mol. The molecule has 0 aliphatic carbocycles. The molecule has 28 N–H and O–H groups in total. The van der Waals surface area contributed by atoms with Crippen molar-refractivity contribution in [3.05, 3.63) is 59.7 Å². The van der Waals surface area contributed by atoms with Gasteiger partial charge in [-0.2, -0.15) is 0 Å². The summed E-state index contributed by atoms with van der Waals surface area (Å²) in [5.41, 5.74) is 17.8. The number of hydrogen-bond acceptors (Lipinski definition) is 25. The number of ether oxygens (including phenoxy) is 1. The molecule has 45 heteroatoms. The number of guanidine groups is 2. The van der Waals surface area contributed by atoms with E-state index >= 15 is 0 Å². The summed E-state index contributed by atoms with van der Waals surface area (Å²) in [6.45, 7) is 0.00490. The number of ketones is 1. The molecule has 0 radical (unpaired) electrons. The molecule has 4 rings (SSSR count). The summed E-state index contributed by atoms with van der Waals surface area (Å²) in [6.07, 6.45) is 2.06. The summed E-state index contributed by atoms with van der Waals surface area (Å²) >= 11 is 0. The van der Waals surface area contributed by atoms with Crippen molar-refractivity contribution in [2.24, 2.45) is 23.1 Å². The molecule has 10 atom stereocenters. The number of benzene rings is 2. The second-order valence-corrected chi connectivity index (χ2v) is 32.5. The lowest BCUT2D eigenvalue weighted by atomic mass is 9.90. The van der Waals surface area contributed by atoms with Crippen molar-refractivity contribution < 1.29 is 107 Å². The highest BCUT2D eigenvalue weighted by Gasteiger charge is 2.37. The zero-order valence-electron chi connectivity index (χ0n) is 69.7. The van der Waals surface area contributed by atoms with E-state index < -0.39 is 181 Å². The van der Waals surface area contributed by atoms with E-state index in [1.54, 1.807) is 7.11 Å². The molecular weight excluding hydrogens is 1660 g/mol. The van der Waals surface area contributed by atoms with Crippen LogP contribution in [0.3, 0.4) is 0 Å². The summed E-state index contributed by atoms with van der Waals surface area (Å²) in [7, 11) is 4.46. The highest BCUT2D eigenvalue weighted by molar-refractivity contribution is 8.76. The van der Waals surface area contributed by atoms with E-state index in [1.807, 2.05) is 0 Å². The van der Waals surface area contributed by atoms with Crippen LogP contribution in [0, 0.1) is 16.7 Å². The smallest absolute Gasteiger partial charge is 0.305 e. The third kappa shape index (κ3) is 45.0. The maximum atomic E-state index is 14.6. The van der Waals surface area contributed by atoms with Gasteiger partial charge in [-0.1, -0.05) is 71.5 Å². The Bertz CT molecular complexity index is 3890. The van der Waals surface area contributed by atoms with Crippen LogP contribution in [0.25, 0.3) is 0 Å². The molecule has 2 fully saturated rings. The molecule has 14 amide bonds. The van der Waals surface area contributed by atoms with Gasteiger partial charge in [0.25, 0.3) is 0 Å². The quantitative estimate of drug-likeness (QED) is 0.0132. The predicted molar refractivity (Wildman–Crippen MR) is 456 cm³/mol. The molecule has 2 aliphatic rings. The standard InChI is InChI=1S/C79H123N21O22S2/c1-122-37-12-3-2-8-31-86-63(105)30-38-123-124-46-52(80)70(114)87-33-9-4-5-19-64(106)94-56(71(115)88-34-10-6-15-49-41-61(103)53(17-13-35-89-78(81)82)93-65(107)44-91-72(116)59(42-67(109)110)99-76(120)57(97-69(49)113)39-47-20-24-50(101)25-21-47)28-29-62(104)85-32-11-7-16-55-75(119)98-58(40-48-22-26-51(102)27-23-48)77(121)100-60(43-68(111)112)73(117)92-45-66(108)95-54(74(118)96-55)18-14-36-90-79(83)84/h20-27,49,52-60,101-102H,2-19,28-46,80H2,1H3,(H,85,104)(H,86,105)(H,87,114)(H,88,115)(H,91,116)(H,92,117)(H,93,107)(H,94,106)(H,95,108)(H,96,118)(H,97,113)(H,98,119)(H,99,120)(H,100,121)(H,109,110)(H,111,112)(H4,81,82,89)(H4,83,84,90)/t49?,52?,53-,54-,55?,56?,57+,58+,59-,60-/m1/s1. The SMILES string of the molecule is COCCCCCCNC(=O)CCSSCC(N)C(=O)NCCCCCC(=O)NC(CCC(=O)NCCCCC1NC(=O)[C@@H](CCCNC(=N)N)NC(=O)CNC(=O)[C@@H](CC(=O)O)NC(=O)[C@H](Cc2ccc(O)cc2)NC1=O)C(=O)NCCCCC1CC(=O)[C@@H](CCCNC(=N)N)NC(=O)CNC(=O)[C@@H](CC(=O)O)NC(=O)[C@H](Cc2ccc(O)cc2)NC1=O. The first-order valence-electron chi connectivity index (χ1n) is 41.4. The van der Waals surface area contributed by atoms with E-state index in [9.17, 15) is 102 Å². The average Bonchev–Trinajstić information content (AvgIpc) is 1.40. The van der Waals surface area contributed by atoms with Crippen LogP contribution in [0.1, 0.15) is 165 Å². The van der Waals surface area contributed by atoms with Crippen LogP contribution in [0.4, 0.5) is 0 Å². The first-order chi connectivity index (χ1) is 59.2. The summed E-state index contributed by atoms with van der Waals surface area (Å²) in [6, 6.07) is -1.79. The Morgan fingerprint density at radius 1 is 0.452 bits per heavy atom. The number of rotatable bonds is 51. The zero-order chi connectivity index (χ0) is 91.3. The van der Waals surface area contributed by atoms with Gasteiger partial charge < -0.3 is 127 Å². The number of hydrogen-bond donors (Lipinski definition) is 25. The molecule has 2 aromatic carbocycles. The Morgan fingerprint density at radius 2 is 0.871 bits per heavy atom. The molecule has 2 aliphatic heterocycles. The first-order valence-corrected chi connectivity index (χ1v) is 43.9. The molecule has 0 bridgehead atoms. The van der Waals surface area contributed by atoms with Crippen LogP contribution in [-0.2, 0) is 99.1 Å². The predicted octanol–water partition coefficient (Wildman–Crippen LogP) is -3.48. The Labute approximate surface area is 726 Å². The Balaban J connectivity index is 1.52. The molecular formula is C79H123N21O22S2. The first kappa shape index (κ1) is 105. The minimum absolute atomic E-state index is 0.0486. The zero-order valence-corrected chi connectivity index (χ0v) is 71.4. The third-order valence-corrected chi connectivity index (χ3v) is 22.0. The van der Waals surface area contributed by atoms with Gasteiger partial charge >= 0.3 is 11.9 Å². The lowest BCUT2D eigenvalue weighted by Crippen LogP contribution is -2.58. The lowest BCUT2D eigenvalue weighted by molar-refractivity contribution is -0.141. The molecule has 688 valence electrons. The van der Waals surface area contributed by atoms with Crippen LogP contribution in [-0.4, -0.2) is 265 Å². The van der Waals surface area contributed by atoms with Gasteiger partial charge in [0.15, 0.2) is 17.7 Å². The molecule has 2 aromatic rings. The maximum absolute atomic E-state index is 14.6. The number of phenols is 2. The molecule has 124 heavy (non-hydrogen) atoms. The minimum atomic E-state index is -1.76. The fourth-order valence-electron chi connectivity index (χ4n) is 12.8. The number of carbonyl (C=O) groups is 17. The normalized spacial score (nSPS) is 19.4. The van der Waals surface area contributed by atoms with Gasteiger partial charge in [-0.15, -0.1) is 0 Å². The van der Waals surface area contributed by atoms with E-state index in [0.717, 1.165) is 25.7 Å². The maximum Gasteiger partial charge on any atom is 0.305 e. The van der Waals surface area contributed by atoms with Crippen molar-refractivity contribution in [1.82, 2.24) is 85.1 Å². The number of aliphatic carboxylic acids is 2. The summed E-state index contributed by atoms with van der Waals surface area (Å²) in [5.74, 6) is -16.1. The number of phenolic OH excluding ortho intramolecular Hbond substituents is 2. The number of carboxylic acids is 2. The number of Topliss-reactive ketones (excluding diaryl/α,β-unsaturated/α-hetero) is 1. The molecule has 0 saturated carbocycles. The summed E-state index contributed by atoms with van der Waals surface area (Å²) in [5, 5.41) is 95.8. The Hall–Kier alpha value is -11.6. The van der Waals surface area contributed by atoms with Crippen molar-refractivity contribution >= 4 is 134 Å². The van der Waals surface area contributed by atoms with Crippen molar-refractivity contribution in [3.63, 3.8) is 0 Å². The number of methoxy groups -OCH3 is 1. The molecule has 0 aromatic heterocycles. The van der Waals surface area contributed by atoms with E-state index in [2.05, 4.69) is 85.1 Å². The third-order valence-electron chi connectivity index (χ3n) is 19.6. The largest absolute Gasteiger partial charge is 0.508 e. The lowest BCUT2D eigenvalue weighted by Gasteiger charge is -2.26. The van der Waals surface area contributed by atoms with Crippen molar-refractivity contribution in [1.29, 1.82) is 10.8 Å². The van der Waals surface area contributed by atoms with E-state index in [4.69, 9.17) is 32.8 Å². The van der Waals surface area contributed by atoms with Gasteiger partial charge in [0.1, 0.15) is 53.8 Å². The van der Waals surface area contributed by atoms with Gasteiger partial charge in [-0.3, -0.25) is 92.3 Å². The molecule has 4 unspecified atom stereocenters. The topological polar surface area (TPSA) is 699 Å². The number of unbranched alkanes of at least 4 members (excludes halogenated alkanes) is 7. The van der Waals surface area contributed by atoms with Gasteiger partial charge in [-0.25, -0.2) is 0 Å². The van der Waals surface area contributed by atoms with Gasteiger partial charge in [0, 0.05) is 109 Å². The minimum Gasteiger partial charge on any atom is -0.508 e. The van der Waals surface area contributed by atoms with Crippen LogP contribution in [0.2, 0.25) is 0 Å². The number of nitrogens with one attached hydrogen (secondary N) is 18. The molecule has 0 spiro atoms. The number of carboxylic acid groups (broad SMARTS) is 2. The Kier molecular flexibility index (Phi) is 50.0. The van der Waals surface area contributed by atoms with Crippen LogP contribution in [0.15, 0.2) is 48.5 Å². The van der Waals surface area contributed by atoms with Crippen LogP contribution in [0.5, 0.6) is 11.5 Å². The highest BCUT2D eigenvalue weighted by Crippen LogP contribution is 2.24. The highest BCUT2D eigenvalue weighted by atomic mass is 33.1. The second-order valence-electron chi connectivity index (χ2n) is 29.9. The van der Waals surface area contributed by atoms with Crippen LogP contribution < -0.4 is 102 Å². The number of nitrogens with two attached hydrogens (primary N) is 3. The molecule has 43 nitrogen and oxygen atoms in total. The average molecular weight is 1780 g/mol. The second kappa shape index (κ2) is 59.2. The van der Waals surface area contributed by atoms with Gasteiger partial charge in [-0.05, 0) is 125 Å². The number of amides is 14. The summed E-state index contributed by atoms with van der Waals surface area (Å²) in [4.78, 5) is 230. The van der Waals surface area contributed by atoms with Crippen molar-refractivity contribution in [3.8, 4) is 11.5 Å². The van der Waals surface area contributed by atoms with E-state index in [0.29, 0.717) is 55.7 Å². The summed E-state index contributed by atoms with van der Waals surface area (Å²) < 4.78 is 5.06. The van der Waals surface area contributed by atoms with Crippen LogP contribution >= 0.6 is 21.6 Å².